The summed E-state index contributed by atoms with van der Waals surface area (Å²) in [6.45, 7) is 3.84. The molecule has 2 rings (SSSR count). The SMILES string of the molecule is Cc1ccc(NC(=O)NC(=O)CSc2cccc[n+]2[O-])c(C)c1. The van der Waals surface area contributed by atoms with Crippen LogP contribution in [0.1, 0.15) is 11.1 Å². The highest BCUT2D eigenvalue weighted by Crippen LogP contribution is 2.16. The second-order valence-corrected chi connectivity index (χ2v) is 5.97. The van der Waals surface area contributed by atoms with E-state index in [0.29, 0.717) is 15.4 Å². The summed E-state index contributed by atoms with van der Waals surface area (Å²) < 4.78 is 0.674. The first-order valence-electron chi connectivity index (χ1n) is 6.95. The van der Waals surface area contributed by atoms with Crippen LogP contribution < -0.4 is 15.4 Å². The molecule has 0 atom stereocenters. The van der Waals surface area contributed by atoms with Crippen LogP contribution in [0, 0.1) is 19.1 Å². The molecular weight excluding hydrogens is 314 g/mol. The largest absolute Gasteiger partial charge is 0.618 e. The lowest BCUT2D eigenvalue weighted by molar-refractivity contribution is -0.645. The predicted octanol–water partition coefficient (Wildman–Crippen LogP) is 2.38. The average molecular weight is 331 g/mol. The van der Waals surface area contributed by atoms with Crippen molar-refractivity contribution < 1.29 is 14.3 Å². The third-order valence-electron chi connectivity index (χ3n) is 3.02. The van der Waals surface area contributed by atoms with Gasteiger partial charge in [0.05, 0.1) is 5.75 Å². The third-order valence-corrected chi connectivity index (χ3v) is 4.04. The van der Waals surface area contributed by atoms with E-state index in [-0.39, 0.29) is 5.75 Å². The van der Waals surface area contributed by atoms with Gasteiger partial charge in [-0.15, -0.1) is 0 Å². The number of nitrogens with zero attached hydrogens (tertiary/aromatic N) is 1. The van der Waals surface area contributed by atoms with Crippen LogP contribution in [0.25, 0.3) is 0 Å². The number of anilines is 1. The predicted molar refractivity (Wildman–Crippen MR) is 89.2 cm³/mol. The van der Waals surface area contributed by atoms with E-state index < -0.39 is 11.9 Å². The Hall–Kier alpha value is -2.54. The van der Waals surface area contributed by atoms with E-state index in [9.17, 15) is 14.8 Å². The molecule has 1 heterocycles. The second kappa shape index (κ2) is 7.64. The number of urea groups is 1. The topological polar surface area (TPSA) is 85.1 Å². The summed E-state index contributed by atoms with van der Waals surface area (Å²) in [5.74, 6) is -0.492. The first-order valence-corrected chi connectivity index (χ1v) is 7.93. The summed E-state index contributed by atoms with van der Waals surface area (Å²) in [7, 11) is 0. The van der Waals surface area contributed by atoms with E-state index >= 15 is 0 Å². The van der Waals surface area contributed by atoms with Crippen molar-refractivity contribution in [3.63, 3.8) is 0 Å². The highest BCUT2D eigenvalue weighted by Gasteiger charge is 2.12. The Balaban J connectivity index is 1.85. The van der Waals surface area contributed by atoms with E-state index in [1.165, 1.54) is 6.20 Å². The van der Waals surface area contributed by atoms with Crippen LogP contribution in [-0.2, 0) is 4.79 Å². The maximum atomic E-state index is 11.8. The van der Waals surface area contributed by atoms with Crippen LogP contribution in [0.5, 0.6) is 0 Å². The molecule has 0 saturated carbocycles. The van der Waals surface area contributed by atoms with Gasteiger partial charge in [-0.1, -0.05) is 17.7 Å². The molecule has 2 aromatic rings. The van der Waals surface area contributed by atoms with Crippen molar-refractivity contribution >= 4 is 29.4 Å². The number of nitrogens with one attached hydrogen (secondary N) is 2. The minimum absolute atomic E-state index is 0.0213. The Kier molecular flexibility index (Phi) is 5.59. The third kappa shape index (κ3) is 5.00. The molecule has 0 aliphatic carbocycles. The van der Waals surface area contributed by atoms with Crippen LogP contribution in [0.4, 0.5) is 10.5 Å². The fourth-order valence-corrected chi connectivity index (χ4v) is 2.65. The monoisotopic (exact) mass is 331 g/mol. The van der Waals surface area contributed by atoms with Gasteiger partial charge in [0.2, 0.25) is 5.91 Å². The Morgan fingerprint density at radius 1 is 1.22 bits per heavy atom. The minimum atomic E-state index is -0.592. The van der Waals surface area contributed by atoms with E-state index in [4.69, 9.17) is 0 Å². The summed E-state index contributed by atoms with van der Waals surface area (Å²) in [6, 6.07) is 9.94. The van der Waals surface area contributed by atoms with Gasteiger partial charge >= 0.3 is 6.03 Å². The van der Waals surface area contributed by atoms with Crippen molar-refractivity contribution in [2.45, 2.75) is 18.9 Å². The number of rotatable bonds is 4. The molecule has 0 aliphatic rings. The summed E-state index contributed by atoms with van der Waals surface area (Å²) in [5.41, 5.74) is 2.65. The molecule has 6 nitrogen and oxygen atoms in total. The molecule has 0 aliphatic heterocycles. The van der Waals surface area contributed by atoms with Gasteiger partial charge in [0.1, 0.15) is 0 Å². The number of hydrogen-bond donors (Lipinski definition) is 2. The number of thioether (sulfide) groups is 1. The van der Waals surface area contributed by atoms with Crippen molar-refractivity contribution in [1.82, 2.24) is 5.32 Å². The Labute approximate surface area is 138 Å². The second-order valence-electron chi connectivity index (χ2n) is 4.97. The van der Waals surface area contributed by atoms with E-state index in [2.05, 4.69) is 10.6 Å². The number of carbonyl (C=O) groups excluding carboxylic acids is 2. The molecule has 0 spiro atoms. The van der Waals surface area contributed by atoms with Gasteiger partial charge in [0, 0.05) is 17.8 Å². The number of aromatic nitrogens is 1. The summed E-state index contributed by atoms with van der Waals surface area (Å²) in [4.78, 5) is 23.6. The summed E-state index contributed by atoms with van der Waals surface area (Å²) in [5, 5.41) is 16.7. The smallest absolute Gasteiger partial charge is 0.325 e. The van der Waals surface area contributed by atoms with Crippen molar-refractivity contribution in [3.8, 4) is 0 Å². The van der Waals surface area contributed by atoms with Crippen molar-refractivity contribution in [2.75, 3.05) is 11.1 Å². The molecule has 7 heteroatoms. The molecule has 23 heavy (non-hydrogen) atoms. The van der Waals surface area contributed by atoms with E-state index in [0.717, 1.165) is 22.9 Å². The van der Waals surface area contributed by atoms with Gasteiger partial charge in [0.15, 0.2) is 6.20 Å². The molecule has 0 radical (unpaired) electrons. The molecule has 3 amide bonds. The number of carbonyl (C=O) groups is 2. The lowest BCUT2D eigenvalue weighted by Crippen LogP contribution is -2.36. The Morgan fingerprint density at radius 2 is 2.00 bits per heavy atom. The van der Waals surface area contributed by atoms with Crippen LogP contribution in [0.15, 0.2) is 47.6 Å². The molecule has 2 N–H and O–H groups in total. The maximum Gasteiger partial charge on any atom is 0.325 e. The van der Waals surface area contributed by atoms with Crippen LogP contribution in [-0.4, -0.2) is 17.7 Å². The first-order chi connectivity index (χ1) is 11.0. The maximum absolute atomic E-state index is 11.8. The fourth-order valence-electron chi connectivity index (χ4n) is 1.93. The van der Waals surface area contributed by atoms with Gasteiger partial charge in [-0.05, 0) is 43.3 Å². The Morgan fingerprint density at radius 3 is 2.70 bits per heavy atom. The average Bonchev–Trinajstić information content (AvgIpc) is 2.49. The molecule has 1 aromatic heterocycles. The zero-order valence-electron chi connectivity index (χ0n) is 12.8. The van der Waals surface area contributed by atoms with Crippen molar-refractivity contribution in [3.05, 3.63) is 58.9 Å². The van der Waals surface area contributed by atoms with E-state index in [1.807, 2.05) is 26.0 Å². The molecule has 0 saturated heterocycles. The number of benzene rings is 1. The van der Waals surface area contributed by atoms with Gasteiger partial charge in [-0.3, -0.25) is 10.1 Å². The molecule has 120 valence electrons. The van der Waals surface area contributed by atoms with Crippen molar-refractivity contribution in [1.29, 1.82) is 0 Å². The van der Waals surface area contributed by atoms with Gasteiger partial charge in [-0.2, -0.15) is 4.73 Å². The molecule has 0 bridgehead atoms. The Bertz CT molecular complexity index is 734. The van der Waals surface area contributed by atoms with Crippen LogP contribution in [0.3, 0.4) is 0 Å². The molecule has 0 unspecified atom stereocenters. The lowest BCUT2D eigenvalue weighted by atomic mass is 10.1. The molecule has 1 aromatic carbocycles. The number of amides is 3. The highest BCUT2D eigenvalue weighted by molar-refractivity contribution is 7.99. The number of aryl methyl sites for hydroxylation is 2. The molecule has 0 fully saturated rings. The number of pyridine rings is 1. The fraction of sp³-hybridized carbons (Fsp3) is 0.188. The zero-order chi connectivity index (χ0) is 16.8. The highest BCUT2D eigenvalue weighted by atomic mass is 32.2. The summed E-state index contributed by atoms with van der Waals surface area (Å²) >= 11 is 1.07. The number of hydrogen-bond acceptors (Lipinski definition) is 4. The summed E-state index contributed by atoms with van der Waals surface area (Å²) in [6.07, 6.45) is 1.35. The van der Waals surface area contributed by atoms with Gasteiger partial charge in [-0.25, -0.2) is 4.79 Å². The normalized spacial score (nSPS) is 10.2. The zero-order valence-corrected chi connectivity index (χ0v) is 13.6. The first kappa shape index (κ1) is 16.8. The van der Waals surface area contributed by atoms with E-state index in [1.54, 1.807) is 24.3 Å². The standard InChI is InChI=1S/C16H17N3O3S/c1-11-6-7-13(12(2)9-11)17-16(21)18-14(20)10-23-15-5-3-4-8-19(15)22/h3-9H,10H2,1-2H3,(H2,17,18,20,21). The van der Waals surface area contributed by atoms with Crippen LogP contribution in [0.2, 0.25) is 0 Å². The van der Waals surface area contributed by atoms with Crippen LogP contribution >= 0.6 is 11.8 Å². The van der Waals surface area contributed by atoms with Crippen molar-refractivity contribution in [2.24, 2.45) is 0 Å². The number of imide groups is 1. The van der Waals surface area contributed by atoms with Gasteiger partial charge < -0.3 is 10.5 Å². The quantitative estimate of drug-likeness (QED) is 0.512. The lowest BCUT2D eigenvalue weighted by Gasteiger charge is -2.09. The molecular formula is C16H17N3O3S. The minimum Gasteiger partial charge on any atom is -0.618 e. The van der Waals surface area contributed by atoms with Gasteiger partial charge in [0.25, 0.3) is 5.03 Å².